The van der Waals surface area contributed by atoms with E-state index in [-0.39, 0.29) is 6.17 Å². The number of nitrogens with two attached hydrogens (primary N) is 1. The summed E-state index contributed by atoms with van der Waals surface area (Å²) in [6, 6.07) is 5.74. The summed E-state index contributed by atoms with van der Waals surface area (Å²) < 4.78 is 3.47. The fourth-order valence-electron chi connectivity index (χ4n) is 1.84. The van der Waals surface area contributed by atoms with Gasteiger partial charge >= 0.3 is 0 Å². The van der Waals surface area contributed by atoms with Crippen LogP contribution in [0.4, 0.5) is 11.4 Å². The number of halogens is 1. The molecule has 1 unspecified atom stereocenters. The Labute approximate surface area is 117 Å². The van der Waals surface area contributed by atoms with Crippen molar-refractivity contribution in [2.45, 2.75) is 20.0 Å². The van der Waals surface area contributed by atoms with E-state index in [0.29, 0.717) is 5.84 Å². The summed E-state index contributed by atoms with van der Waals surface area (Å²) in [6.07, 6.45) is 3.61. The van der Waals surface area contributed by atoms with Crippen LogP contribution in [-0.2, 0) is 0 Å². The first-order chi connectivity index (χ1) is 9.15. The van der Waals surface area contributed by atoms with Gasteiger partial charge in [0, 0.05) is 29.8 Å². The maximum atomic E-state index is 5.69. The SMILES string of the molecule is CC=N/C=C(\C)C1Nc2ccc(C(N)=NCl)cc2N1. The zero-order valence-corrected chi connectivity index (χ0v) is 11.6. The van der Waals surface area contributed by atoms with Gasteiger partial charge in [0.2, 0.25) is 0 Å². The van der Waals surface area contributed by atoms with Gasteiger partial charge in [0.1, 0.15) is 12.0 Å². The average Bonchev–Trinajstić information content (AvgIpc) is 2.86. The highest BCUT2D eigenvalue weighted by Gasteiger charge is 2.21. The second kappa shape index (κ2) is 5.75. The molecule has 2 rings (SSSR count). The van der Waals surface area contributed by atoms with E-state index in [0.717, 1.165) is 22.5 Å². The van der Waals surface area contributed by atoms with Crippen molar-refractivity contribution in [3.63, 3.8) is 0 Å². The lowest BCUT2D eigenvalue weighted by atomic mass is 10.1. The van der Waals surface area contributed by atoms with Crippen molar-refractivity contribution in [3.8, 4) is 0 Å². The Morgan fingerprint density at radius 1 is 1.37 bits per heavy atom. The number of rotatable bonds is 3. The molecule has 1 aliphatic heterocycles. The van der Waals surface area contributed by atoms with Crippen LogP contribution in [0.15, 0.2) is 39.5 Å². The molecule has 1 atom stereocenters. The predicted molar refractivity (Wildman–Crippen MR) is 82.0 cm³/mol. The summed E-state index contributed by atoms with van der Waals surface area (Å²) in [5.41, 5.74) is 9.56. The summed E-state index contributed by atoms with van der Waals surface area (Å²) in [5.74, 6) is 0.303. The lowest BCUT2D eigenvalue weighted by molar-refractivity contribution is 0.970. The minimum Gasteiger partial charge on any atom is -0.382 e. The van der Waals surface area contributed by atoms with Gasteiger partial charge in [0.25, 0.3) is 0 Å². The molecule has 1 heterocycles. The van der Waals surface area contributed by atoms with E-state index in [9.17, 15) is 0 Å². The molecule has 1 aromatic rings. The second-order valence-corrected chi connectivity index (χ2v) is 4.40. The topological polar surface area (TPSA) is 74.8 Å². The van der Waals surface area contributed by atoms with Gasteiger partial charge in [-0.15, -0.1) is 0 Å². The lowest BCUT2D eigenvalue weighted by Gasteiger charge is -2.11. The average molecular weight is 278 g/mol. The fourth-order valence-corrected chi connectivity index (χ4v) is 1.94. The van der Waals surface area contributed by atoms with Crippen LogP contribution in [0.1, 0.15) is 19.4 Å². The summed E-state index contributed by atoms with van der Waals surface area (Å²) in [4.78, 5) is 4.11. The highest BCUT2D eigenvalue weighted by atomic mass is 35.5. The molecule has 0 aromatic heterocycles. The number of fused-ring (bicyclic) bond motifs is 1. The molecule has 0 bridgehead atoms. The third-order valence-electron chi connectivity index (χ3n) is 2.89. The maximum absolute atomic E-state index is 5.69. The Morgan fingerprint density at radius 3 is 2.79 bits per heavy atom. The molecule has 100 valence electrons. The largest absolute Gasteiger partial charge is 0.382 e. The number of nitrogens with one attached hydrogen (secondary N) is 2. The molecule has 0 saturated carbocycles. The summed E-state index contributed by atoms with van der Waals surface area (Å²) in [5, 5.41) is 6.72. The van der Waals surface area contributed by atoms with Crippen molar-refractivity contribution in [2.75, 3.05) is 10.6 Å². The van der Waals surface area contributed by atoms with Crippen LogP contribution in [0.25, 0.3) is 0 Å². The van der Waals surface area contributed by atoms with Gasteiger partial charge in [0.15, 0.2) is 0 Å². The van der Waals surface area contributed by atoms with Crippen LogP contribution < -0.4 is 16.4 Å². The maximum Gasteiger partial charge on any atom is 0.145 e. The number of nitrogens with zero attached hydrogens (tertiary/aromatic N) is 2. The minimum absolute atomic E-state index is 0.0307. The zero-order chi connectivity index (χ0) is 13.8. The molecule has 0 spiro atoms. The van der Waals surface area contributed by atoms with Gasteiger partial charge in [-0.25, -0.2) is 0 Å². The van der Waals surface area contributed by atoms with E-state index < -0.39 is 0 Å². The summed E-state index contributed by atoms with van der Waals surface area (Å²) in [7, 11) is 0. The highest BCUT2D eigenvalue weighted by Crippen LogP contribution is 2.31. The third-order valence-corrected chi connectivity index (χ3v) is 3.07. The minimum atomic E-state index is 0.0307. The Bertz CT molecular complexity index is 562. The number of anilines is 2. The molecule has 0 aliphatic carbocycles. The number of hydrogen-bond acceptors (Lipinski definition) is 4. The molecule has 1 aromatic carbocycles. The molecular formula is C13H16ClN5. The van der Waals surface area contributed by atoms with Crippen molar-refractivity contribution in [1.82, 2.24) is 0 Å². The van der Waals surface area contributed by atoms with Crippen LogP contribution in [0.2, 0.25) is 0 Å². The molecule has 1 aliphatic rings. The van der Waals surface area contributed by atoms with Crippen LogP contribution in [0, 0.1) is 0 Å². The quantitative estimate of drug-likeness (QED) is 0.587. The molecule has 6 heteroatoms. The van der Waals surface area contributed by atoms with Crippen LogP contribution >= 0.6 is 11.8 Å². The van der Waals surface area contributed by atoms with E-state index >= 15 is 0 Å². The zero-order valence-electron chi connectivity index (χ0n) is 10.8. The van der Waals surface area contributed by atoms with Crippen LogP contribution in [-0.4, -0.2) is 18.2 Å². The first-order valence-electron chi connectivity index (χ1n) is 5.92. The number of aliphatic imine (C=N–C) groups is 1. The first-order valence-corrected chi connectivity index (χ1v) is 6.26. The first kappa shape index (κ1) is 13.4. The monoisotopic (exact) mass is 277 g/mol. The number of amidine groups is 1. The summed E-state index contributed by atoms with van der Waals surface area (Å²) >= 11 is 5.38. The molecule has 5 nitrogen and oxygen atoms in total. The molecule has 0 radical (unpaired) electrons. The van der Waals surface area contributed by atoms with Gasteiger partial charge < -0.3 is 16.4 Å². The standard InChI is InChI=1S/C13H16ClN5/c1-3-16-7-8(2)13-17-10-5-4-9(12(15)19-14)6-11(10)18-13/h3-7,13,17-18H,1-2H3,(H2,15,19)/b8-7+,16-3?. The van der Waals surface area contributed by atoms with Gasteiger partial charge in [-0.05, 0) is 37.6 Å². The summed E-state index contributed by atoms with van der Waals surface area (Å²) in [6.45, 7) is 3.90. The van der Waals surface area contributed by atoms with E-state index in [4.69, 9.17) is 17.5 Å². The van der Waals surface area contributed by atoms with Gasteiger partial charge in [-0.1, -0.05) is 0 Å². The second-order valence-electron chi connectivity index (χ2n) is 4.23. The Kier molecular flexibility index (Phi) is 4.06. The van der Waals surface area contributed by atoms with E-state index in [1.54, 1.807) is 6.21 Å². The molecule has 0 fully saturated rings. The van der Waals surface area contributed by atoms with E-state index in [1.807, 2.05) is 38.2 Å². The Hall–Kier alpha value is -2.01. The van der Waals surface area contributed by atoms with Gasteiger partial charge in [-0.3, -0.25) is 4.99 Å². The van der Waals surface area contributed by atoms with Gasteiger partial charge in [0.05, 0.1) is 11.4 Å². The molecular weight excluding hydrogens is 262 g/mol. The van der Waals surface area contributed by atoms with E-state index in [1.165, 1.54) is 0 Å². The molecule has 19 heavy (non-hydrogen) atoms. The van der Waals surface area contributed by atoms with E-state index in [2.05, 4.69) is 20.1 Å². The smallest absolute Gasteiger partial charge is 0.145 e. The molecule has 0 saturated heterocycles. The Balaban J connectivity index is 2.21. The highest BCUT2D eigenvalue weighted by molar-refractivity contribution is 6.22. The number of benzene rings is 1. The Morgan fingerprint density at radius 2 is 2.11 bits per heavy atom. The number of hydrogen-bond donors (Lipinski definition) is 3. The lowest BCUT2D eigenvalue weighted by Crippen LogP contribution is -2.23. The molecule has 0 amide bonds. The van der Waals surface area contributed by atoms with Crippen molar-refractivity contribution in [3.05, 3.63) is 35.5 Å². The fraction of sp³-hybridized carbons (Fsp3) is 0.231. The van der Waals surface area contributed by atoms with Crippen molar-refractivity contribution >= 4 is 35.2 Å². The van der Waals surface area contributed by atoms with Crippen molar-refractivity contribution in [2.24, 2.45) is 15.2 Å². The van der Waals surface area contributed by atoms with Crippen LogP contribution in [0.5, 0.6) is 0 Å². The van der Waals surface area contributed by atoms with Crippen molar-refractivity contribution in [1.29, 1.82) is 0 Å². The van der Waals surface area contributed by atoms with Crippen LogP contribution in [0.3, 0.4) is 0 Å². The predicted octanol–water partition coefficient (Wildman–Crippen LogP) is 2.70. The third kappa shape index (κ3) is 2.88. The molecule has 4 N–H and O–H groups in total. The van der Waals surface area contributed by atoms with Crippen molar-refractivity contribution < 1.29 is 0 Å². The normalized spacial score (nSPS) is 19.2. The van der Waals surface area contributed by atoms with Gasteiger partial charge in [-0.2, -0.15) is 4.51 Å².